The number of hydrogen-bond donors (Lipinski definition) is 1. The van der Waals surface area contributed by atoms with Gasteiger partial charge in [0.2, 0.25) is 0 Å². The first-order valence-electron chi connectivity index (χ1n) is 4.40. The van der Waals surface area contributed by atoms with Gasteiger partial charge in [-0.25, -0.2) is 0 Å². The van der Waals surface area contributed by atoms with E-state index in [4.69, 9.17) is 5.73 Å². The normalized spacial score (nSPS) is 15.5. The monoisotopic (exact) mass is 242 g/mol. The quantitative estimate of drug-likeness (QED) is 0.867. The summed E-state index contributed by atoms with van der Waals surface area (Å²) < 4.78 is 1.02. The van der Waals surface area contributed by atoms with Crippen LogP contribution in [0, 0.1) is 6.92 Å². The number of halogens is 1. The van der Waals surface area contributed by atoms with Gasteiger partial charge in [0.1, 0.15) is 0 Å². The highest BCUT2D eigenvalue weighted by molar-refractivity contribution is 9.10. The molecule has 1 aromatic rings. The van der Waals surface area contributed by atoms with Crippen LogP contribution in [0.2, 0.25) is 0 Å². The molecule has 0 saturated carbocycles. The van der Waals surface area contributed by atoms with Gasteiger partial charge in [-0.05, 0) is 41.4 Å². The van der Waals surface area contributed by atoms with Gasteiger partial charge < -0.3 is 5.73 Å². The number of pyridine rings is 1. The van der Waals surface area contributed by atoms with Crippen molar-refractivity contribution in [3.8, 4) is 0 Å². The van der Waals surface area contributed by atoms with Gasteiger partial charge in [0, 0.05) is 28.3 Å². The molecule has 0 aromatic carbocycles. The Balaban J connectivity index is 3.01. The van der Waals surface area contributed by atoms with Crippen LogP contribution in [0.25, 0.3) is 0 Å². The van der Waals surface area contributed by atoms with Crippen molar-refractivity contribution in [3.63, 3.8) is 0 Å². The zero-order valence-electron chi connectivity index (χ0n) is 8.21. The molecule has 3 heteroatoms. The fraction of sp³-hybridized carbons (Fsp3) is 0.500. The molecule has 0 aliphatic carbocycles. The van der Waals surface area contributed by atoms with E-state index in [0.29, 0.717) is 5.92 Å². The van der Waals surface area contributed by atoms with Crippen LogP contribution in [0.1, 0.15) is 31.0 Å². The standard InChI is InChI=1S/C10H15BrN2/c1-6-4-9(11)5-13-10(6)7(2)8(3)12/h4-5,7-8H,12H2,1-3H3. The van der Waals surface area contributed by atoms with Gasteiger partial charge in [0.15, 0.2) is 0 Å². The minimum atomic E-state index is 0.146. The van der Waals surface area contributed by atoms with E-state index < -0.39 is 0 Å². The second-order valence-corrected chi connectivity index (χ2v) is 4.42. The zero-order valence-corrected chi connectivity index (χ0v) is 9.80. The SMILES string of the molecule is Cc1cc(Br)cnc1C(C)C(C)N. The molecule has 1 rings (SSSR count). The summed E-state index contributed by atoms with van der Waals surface area (Å²) in [7, 11) is 0. The largest absolute Gasteiger partial charge is 0.327 e. The summed E-state index contributed by atoms with van der Waals surface area (Å²) in [5.41, 5.74) is 8.11. The molecule has 0 spiro atoms. The third-order valence-corrected chi connectivity index (χ3v) is 2.74. The topological polar surface area (TPSA) is 38.9 Å². The van der Waals surface area contributed by atoms with E-state index in [1.807, 2.05) is 13.1 Å². The lowest BCUT2D eigenvalue weighted by Gasteiger charge is -2.16. The maximum Gasteiger partial charge on any atom is 0.0477 e. The van der Waals surface area contributed by atoms with Crippen molar-refractivity contribution in [2.24, 2.45) is 5.73 Å². The average Bonchev–Trinajstić information content (AvgIpc) is 2.03. The highest BCUT2D eigenvalue weighted by Crippen LogP contribution is 2.21. The molecule has 0 bridgehead atoms. The van der Waals surface area contributed by atoms with Crippen molar-refractivity contribution in [3.05, 3.63) is 28.0 Å². The summed E-state index contributed by atoms with van der Waals surface area (Å²) in [6, 6.07) is 2.22. The Kier molecular flexibility index (Phi) is 3.45. The molecule has 1 aromatic heterocycles. The van der Waals surface area contributed by atoms with Crippen LogP contribution >= 0.6 is 15.9 Å². The summed E-state index contributed by atoms with van der Waals surface area (Å²) in [5.74, 6) is 0.313. The second kappa shape index (κ2) is 4.20. The third kappa shape index (κ3) is 2.51. The smallest absolute Gasteiger partial charge is 0.0477 e. The van der Waals surface area contributed by atoms with Gasteiger partial charge in [-0.15, -0.1) is 0 Å². The predicted octanol–water partition coefficient (Wildman–Crippen LogP) is 2.60. The molecule has 2 N–H and O–H groups in total. The zero-order chi connectivity index (χ0) is 10.0. The maximum atomic E-state index is 5.82. The van der Waals surface area contributed by atoms with Gasteiger partial charge in [-0.2, -0.15) is 0 Å². The number of nitrogens with two attached hydrogens (primary N) is 1. The highest BCUT2D eigenvalue weighted by Gasteiger charge is 2.13. The summed E-state index contributed by atoms with van der Waals surface area (Å²) in [5, 5.41) is 0. The molecular formula is C10H15BrN2. The van der Waals surface area contributed by atoms with Crippen molar-refractivity contribution in [1.29, 1.82) is 0 Å². The average molecular weight is 243 g/mol. The molecule has 1 heterocycles. The van der Waals surface area contributed by atoms with E-state index in [2.05, 4.69) is 40.8 Å². The lowest BCUT2D eigenvalue weighted by atomic mass is 9.97. The molecule has 2 nitrogen and oxygen atoms in total. The molecular weight excluding hydrogens is 228 g/mol. The van der Waals surface area contributed by atoms with Crippen LogP contribution in [0.4, 0.5) is 0 Å². The Bertz CT molecular complexity index is 297. The molecule has 0 aliphatic rings. The van der Waals surface area contributed by atoms with E-state index >= 15 is 0 Å². The number of hydrogen-bond acceptors (Lipinski definition) is 2. The molecule has 72 valence electrons. The summed E-state index contributed by atoms with van der Waals surface area (Å²) in [6.07, 6.45) is 1.82. The summed E-state index contributed by atoms with van der Waals surface area (Å²) in [6.45, 7) is 6.17. The molecule has 13 heavy (non-hydrogen) atoms. The van der Waals surface area contributed by atoms with Gasteiger partial charge in [-0.1, -0.05) is 6.92 Å². The number of rotatable bonds is 2. The Morgan fingerprint density at radius 3 is 2.54 bits per heavy atom. The first-order valence-corrected chi connectivity index (χ1v) is 5.19. The van der Waals surface area contributed by atoms with Crippen molar-refractivity contribution in [1.82, 2.24) is 4.98 Å². The lowest BCUT2D eigenvalue weighted by molar-refractivity contribution is 0.595. The minimum Gasteiger partial charge on any atom is -0.327 e. The fourth-order valence-electron chi connectivity index (χ4n) is 1.28. The van der Waals surface area contributed by atoms with Crippen LogP contribution in [0.15, 0.2) is 16.7 Å². The van der Waals surface area contributed by atoms with Crippen LogP contribution in [-0.2, 0) is 0 Å². The maximum absolute atomic E-state index is 5.82. The molecule has 0 aliphatic heterocycles. The van der Waals surface area contributed by atoms with Gasteiger partial charge in [0.25, 0.3) is 0 Å². The van der Waals surface area contributed by atoms with Crippen LogP contribution in [0.3, 0.4) is 0 Å². The van der Waals surface area contributed by atoms with Crippen molar-refractivity contribution >= 4 is 15.9 Å². The van der Waals surface area contributed by atoms with Crippen LogP contribution in [-0.4, -0.2) is 11.0 Å². The summed E-state index contributed by atoms with van der Waals surface area (Å²) >= 11 is 3.39. The minimum absolute atomic E-state index is 0.146. The van der Waals surface area contributed by atoms with Crippen molar-refractivity contribution in [2.75, 3.05) is 0 Å². The Morgan fingerprint density at radius 1 is 1.46 bits per heavy atom. The van der Waals surface area contributed by atoms with E-state index in [1.54, 1.807) is 0 Å². The van der Waals surface area contributed by atoms with Crippen LogP contribution in [0.5, 0.6) is 0 Å². The highest BCUT2D eigenvalue weighted by atomic mass is 79.9. The van der Waals surface area contributed by atoms with Crippen molar-refractivity contribution in [2.45, 2.75) is 32.7 Å². The molecule has 2 unspecified atom stereocenters. The second-order valence-electron chi connectivity index (χ2n) is 3.50. The van der Waals surface area contributed by atoms with Crippen LogP contribution < -0.4 is 5.73 Å². The summed E-state index contributed by atoms with van der Waals surface area (Å²) in [4.78, 5) is 4.37. The van der Waals surface area contributed by atoms with Gasteiger partial charge in [-0.3, -0.25) is 4.98 Å². The van der Waals surface area contributed by atoms with E-state index in [9.17, 15) is 0 Å². The first kappa shape index (κ1) is 10.7. The molecule has 0 radical (unpaired) electrons. The van der Waals surface area contributed by atoms with E-state index in [-0.39, 0.29) is 6.04 Å². The molecule has 0 amide bonds. The Hall–Kier alpha value is -0.410. The molecule has 0 fully saturated rings. The van der Waals surface area contributed by atoms with Gasteiger partial charge in [0.05, 0.1) is 0 Å². The first-order chi connectivity index (χ1) is 6.02. The number of aromatic nitrogens is 1. The van der Waals surface area contributed by atoms with Gasteiger partial charge >= 0.3 is 0 Å². The fourth-order valence-corrected chi connectivity index (χ4v) is 1.72. The molecule has 2 atom stereocenters. The third-order valence-electron chi connectivity index (χ3n) is 2.31. The van der Waals surface area contributed by atoms with Crippen molar-refractivity contribution < 1.29 is 0 Å². The predicted molar refractivity (Wildman–Crippen MR) is 58.7 cm³/mol. The number of aryl methyl sites for hydroxylation is 1. The Morgan fingerprint density at radius 2 is 2.08 bits per heavy atom. The number of nitrogens with zero attached hydrogens (tertiary/aromatic N) is 1. The lowest BCUT2D eigenvalue weighted by Crippen LogP contribution is -2.23. The molecule has 0 saturated heterocycles. The Labute approximate surface area is 87.7 Å². The van der Waals surface area contributed by atoms with E-state index in [0.717, 1.165) is 10.2 Å². The van der Waals surface area contributed by atoms with E-state index in [1.165, 1.54) is 5.56 Å².